The van der Waals surface area contributed by atoms with Gasteiger partial charge in [-0.2, -0.15) is 0 Å². The van der Waals surface area contributed by atoms with Gasteiger partial charge in [-0.3, -0.25) is 86.9 Å². The van der Waals surface area contributed by atoms with Crippen molar-refractivity contribution in [2.75, 3.05) is 0 Å². The zero-order valence-electron chi connectivity index (χ0n) is 41.5. The van der Waals surface area contributed by atoms with E-state index < -0.39 is 107 Å². The molecule has 18 nitrogen and oxygen atoms in total. The van der Waals surface area contributed by atoms with Gasteiger partial charge in [0.15, 0.2) is 0 Å². The maximum atomic E-state index is 15.1. The van der Waals surface area contributed by atoms with Gasteiger partial charge in [-0.1, -0.05) is 38.5 Å². The Bertz CT molecular complexity index is 3250. The summed E-state index contributed by atoms with van der Waals surface area (Å²) in [5.41, 5.74) is 0.523. The lowest BCUT2D eigenvalue weighted by atomic mass is 9.79. The summed E-state index contributed by atoms with van der Waals surface area (Å²) in [6.07, 6.45) is 4.74. The maximum Gasteiger partial charge on any atom is 0.261 e. The molecule has 18 heteroatoms. The fourth-order valence-electron chi connectivity index (χ4n) is 15.6. The van der Waals surface area contributed by atoms with Crippen molar-refractivity contribution in [2.45, 2.75) is 113 Å². The zero-order chi connectivity index (χ0) is 53.2. The van der Waals surface area contributed by atoms with Crippen molar-refractivity contribution < 1.29 is 57.5 Å². The molecule has 6 aromatic carbocycles. The molecule has 24 aliphatic heterocycles. The van der Waals surface area contributed by atoms with E-state index in [0.29, 0.717) is 38.5 Å². The summed E-state index contributed by atoms with van der Waals surface area (Å²) in [5.74, 6) is -8.74. The van der Waals surface area contributed by atoms with Crippen molar-refractivity contribution in [3.05, 3.63) is 140 Å². The predicted molar refractivity (Wildman–Crippen MR) is 273 cm³/mol. The number of carbonyl (C=O) groups is 12. The Morgan fingerprint density at radius 3 is 0.397 bits per heavy atom. The van der Waals surface area contributed by atoms with Crippen molar-refractivity contribution in [3.63, 3.8) is 0 Å². The fourth-order valence-corrected chi connectivity index (χ4v) is 15.6. The van der Waals surface area contributed by atoms with Gasteiger partial charge in [0, 0.05) is 99.1 Å². The lowest BCUT2D eigenvalue weighted by Crippen LogP contribution is -2.62. The topological polar surface area (TPSA) is 224 Å². The molecule has 0 spiro atoms. The SMILES string of the molecule is O=C1c2ccc3c4c5ccc(c24)C(=O)N1C1CCCCC1N1C(=O)c2ccc4c6c(ccc(c26)C1=O)C(=O)N(C4=O)C1CCCCC1N1C(=O)c2ccc4c6c(ccc(c26)C1=O)C(=O)N(C4=O)C1CCCCC1N(C3=O)C5=O. The lowest BCUT2D eigenvalue weighted by Gasteiger charge is -2.47. The highest BCUT2D eigenvalue weighted by molar-refractivity contribution is 6.37. The van der Waals surface area contributed by atoms with Gasteiger partial charge in [-0.15, -0.1) is 0 Å². The van der Waals surface area contributed by atoms with Gasteiger partial charge in [0.2, 0.25) is 0 Å². The van der Waals surface area contributed by atoms with Gasteiger partial charge in [-0.25, -0.2) is 0 Å². The van der Waals surface area contributed by atoms with E-state index in [1.165, 1.54) is 72.8 Å². The van der Waals surface area contributed by atoms with Crippen molar-refractivity contribution >= 4 is 103 Å². The summed E-state index contributed by atoms with van der Waals surface area (Å²) in [6.45, 7) is 0. The van der Waals surface area contributed by atoms with Crippen LogP contribution in [0.2, 0.25) is 0 Å². The predicted octanol–water partition coefficient (Wildman–Crippen LogP) is 7.07. The first-order valence-corrected chi connectivity index (χ1v) is 26.8. The standard InChI is InChI=1S/C60H42N6O12/c67-49-25-13-15-29-45-30-16-14-26(43(25)45)50(68)61(49)37-7-1-2-8-38(37)62-51(69)27-17-19-31-46-32(20-18-28(44(27)46)52(62)70)56(74)64(55(31)73)41-11-5-6-12-42(41)66-59(77)35-23-21-33-47-34(22-24-36(48(35)47)60(66)78)58(76)65(57(33)75)40-10-4-3-9-39(40)63(53(29)71)54(30)72/h13-24,37-42H,1-12H2. The molecular weight excluding hydrogens is 997 g/mol. The Labute approximate surface area is 441 Å². The third-order valence-corrected chi connectivity index (χ3v) is 18.9. The van der Waals surface area contributed by atoms with Gasteiger partial charge < -0.3 is 0 Å². The molecule has 6 atom stereocenters. The molecule has 3 fully saturated rings. The molecule has 384 valence electrons. The molecule has 78 heavy (non-hydrogen) atoms. The number of amides is 12. The fraction of sp³-hybridized carbons (Fsp3) is 0.300. The number of hydrogen-bond donors (Lipinski definition) is 0. The molecule has 0 radical (unpaired) electrons. The van der Waals surface area contributed by atoms with Crippen LogP contribution >= 0.6 is 0 Å². The third kappa shape index (κ3) is 5.32. The first-order chi connectivity index (χ1) is 37.8. The minimum atomic E-state index is -0.999. The Kier molecular flexibility index (Phi) is 8.87. The molecule has 24 bridgehead atoms. The summed E-state index contributed by atoms with van der Waals surface area (Å²) >= 11 is 0. The van der Waals surface area contributed by atoms with Gasteiger partial charge in [-0.05, 0) is 111 Å². The van der Waals surface area contributed by atoms with E-state index in [0.717, 1.165) is 29.4 Å². The number of rotatable bonds is 0. The van der Waals surface area contributed by atoms with E-state index in [1.54, 1.807) is 0 Å². The van der Waals surface area contributed by atoms with Crippen molar-refractivity contribution in [3.8, 4) is 0 Å². The highest BCUT2D eigenvalue weighted by atomic mass is 16.2. The quantitative estimate of drug-likeness (QED) is 0.139. The van der Waals surface area contributed by atoms with Gasteiger partial charge in [0.1, 0.15) is 0 Å². The van der Waals surface area contributed by atoms with Crippen LogP contribution in [-0.2, 0) is 0 Å². The average Bonchev–Trinajstić information content (AvgIpc) is 3.48. The maximum absolute atomic E-state index is 15.1. The summed E-state index contributed by atoms with van der Waals surface area (Å²) in [7, 11) is 0. The normalized spacial score (nSPS) is 26.0. The zero-order valence-corrected chi connectivity index (χ0v) is 41.5. The Balaban J connectivity index is 0.894. The monoisotopic (exact) mass is 1040 g/mol. The van der Waals surface area contributed by atoms with E-state index >= 15 is 57.5 Å². The van der Waals surface area contributed by atoms with Gasteiger partial charge in [0.25, 0.3) is 70.9 Å². The molecule has 3 aliphatic carbocycles. The Morgan fingerprint density at radius 2 is 0.295 bits per heavy atom. The van der Waals surface area contributed by atoms with Crippen LogP contribution in [0.25, 0.3) is 32.3 Å². The third-order valence-electron chi connectivity index (χ3n) is 18.9. The van der Waals surface area contributed by atoms with Gasteiger partial charge >= 0.3 is 0 Å². The van der Waals surface area contributed by atoms with E-state index in [1.807, 2.05) is 0 Å². The Morgan fingerprint density at radius 1 is 0.192 bits per heavy atom. The molecule has 24 heterocycles. The second kappa shape index (κ2) is 15.3. The average molecular weight is 1040 g/mol. The van der Waals surface area contributed by atoms with Crippen LogP contribution in [0.5, 0.6) is 0 Å². The molecule has 0 saturated heterocycles. The number of nitrogens with zero attached hydrogens (tertiary/aromatic N) is 6. The van der Waals surface area contributed by atoms with Crippen LogP contribution in [0.1, 0.15) is 201 Å². The second-order valence-electron chi connectivity index (χ2n) is 22.4. The molecule has 27 aliphatic rings. The van der Waals surface area contributed by atoms with Crippen LogP contribution in [0.4, 0.5) is 0 Å². The van der Waals surface area contributed by atoms with Crippen molar-refractivity contribution in [2.24, 2.45) is 0 Å². The molecule has 33 rings (SSSR count). The summed E-state index contributed by atoms with van der Waals surface area (Å²) < 4.78 is 0. The molecule has 12 amide bonds. The summed E-state index contributed by atoms with van der Waals surface area (Å²) in [4.78, 5) is 187. The van der Waals surface area contributed by atoms with Gasteiger partial charge in [0.05, 0.1) is 36.3 Å². The first-order valence-electron chi connectivity index (χ1n) is 26.8. The number of imide groups is 6. The van der Waals surface area contributed by atoms with Crippen molar-refractivity contribution in [1.29, 1.82) is 0 Å². The second-order valence-corrected chi connectivity index (χ2v) is 22.4. The van der Waals surface area contributed by atoms with E-state index in [2.05, 4.69) is 0 Å². The smallest absolute Gasteiger partial charge is 0.261 e. The lowest BCUT2D eigenvalue weighted by molar-refractivity contribution is 0.0234. The molecule has 0 N–H and O–H groups in total. The summed E-state index contributed by atoms with van der Waals surface area (Å²) in [6, 6.07) is 11.3. The number of carbonyl (C=O) groups excluding carboxylic acids is 12. The molecule has 3 saturated carbocycles. The highest BCUT2D eigenvalue weighted by Crippen LogP contribution is 2.48. The van der Waals surface area contributed by atoms with Crippen LogP contribution in [0.3, 0.4) is 0 Å². The summed E-state index contributed by atoms with van der Waals surface area (Å²) in [5, 5.41) is 0.685. The van der Waals surface area contributed by atoms with Crippen LogP contribution in [0.15, 0.2) is 72.8 Å². The van der Waals surface area contributed by atoms with Crippen LogP contribution < -0.4 is 0 Å². The Hall–Kier alpha value is -9.06. The minimum absolute atomic E-state index is 0.0436. The number of benzene rings is 6. The van der Waals surface area contributed by atoms with Crippen LogP contribution in [0, 0.1) is 0 Å². The molecule has 6 aromatic rings. The highest BCUT2D eigenvalue weighted by Gasteiger charge is 2.54. The largest absolute Gasteiger partial charge is 0.269 e. The molecular formula is C60H42N6O12. The van der Waals surface area contributed by atoms with Crippen LogP contribution in [-0.4, -0.2) is 137 Å². The van der Waals surface area contributed by atoms with Crippen molar-refractivity contribution in [1.82, 2.24) is 29.4 Å². The van der Waals surface area contributed by atoms with E-state index in [9.17, 15) is 0 Å². The van der Waals surface area contributed by atoms with E-state index in [4.69, 9.17) is 0 Å². The van der Waals surface area contributed by atoms with E-state index in [-0.39, 0.29) is 138 Å². The molecule has 6 unspecified atom stereocenters. The first kappa shape index (κ1) is 45.2. The number of hydrogen-bond acceptors (Lipinski definition) is 12. The minimum Gasteiger partial charge on any atom is -0.269 e. The molecule has 0 aromatic heterocycles.